The molecule has 0 saturated carbocycles. The van der Waals surface area contributed by atoms with Crippen LogP contribution < -0.4 is 0 Å². The average molecular weight is 211 g/mol. The van der Waals surface area contributed by atoms with Crippen LogP contribution in [-0.2, 0) is 0 Å². The predicted octanol–water partition coefficient (Wildman–Crippen LogP) is 2.56. The van der Waals surface area contributed by atoms with Crippen molar-refractivity contribution in [2.24, 2.45) is 0 Å². The minimum absolute atomic E-state index is 0.366. The van der Waals surface area contributed by atoms with Crippen molar-refractivity contribution in [2.45, 2.75) is 0 Å². The Hall–Kier alpha value is -1.13. The maximum atomic E-state index is 2.37. The third-order valence-corrected chi connectivity index (χ3v) is 6.26. The molecule has 1 aromatic carbocycles. The molecule has 1 heterocycles. The Labute approximate surface area is 88.0 Å². The molecule has 0 N–H and O–H groups in total. The van der Waals surface area contributed by atoms with Crippen molar-refractivity contribution >= 4 is 22.6 Å². The van der Waals surface area contributed by atoms with Gasteiger partial charge in [0.2, 0.25) is 0 Å². The highest BCUT2D eigenvalue weighted by Crippen LogP contribution is 2.01. The highest BCUT2D eigenvalue weighted by atomic mass is 28.9. The summed E-state index contributed by atoms with van der Waals surface area (Å²) in [5.74, 6) is 0. The molecule has 67 valence electrons. The molecule has 0 fully saturated rings. The first-order chi connectivity index (χ1) is 6.95. The molecule has 2 rings (SSSR count). The summed E-state index contributed by atoms with van der Waals surface area (Å²) >= 11 is 0. The SMILES string of the molecule is C1=C[Si]=[Si](C=Cc2ccccc2)C=C1. The molecule has 0 unspecified atom stereocenters. The third kappa shape index (κ3) is 2.68. The molecule has 1 aromatic rings. The Morgan fingerprint density at radius 3 is 2.64 bits per heavy atom. The van der Waals surface area contributed by atoms with Gasteiger partial charge in [-0.1, -0.05) is 65.7 Å². The molecule has 1 radical (unpaired) electrons. The lowest BCUT2D eigenvalue weighted by molar-refractivity contribution is 1.66. The summed E-state index contributed by atoms with van der Waals surface area (Å²) in [5.41, 5.74) is 8.31. The highest BCUT2D eigenvalue weighted by molar-refractivity contribution is 6.95. The van der Waals surface area contributed by atoms with Crippen LogP contribution in [0.5, 0.6) is 0 Å². The van der Waals surface area contributed by atoms with Crippen molar-refractivity contribution < 1.29 is 0 Å². The molecule has 0 aliphatic carbocycles. The van der Waals surface area contributed by atoms with Crippen molar-refractivity contribution in [1.82, 2.24) is 0 Å². The molecule has 0 aromatic heterocycles. The molecule has 0 spiro atoms. The summed E-state index contributed by atoms with van der Waals surface area (Å²) in [6.45, 7) is 0. The average Bonchev–Trinajstić information content (AvgIpc) is 2.29. The zero-order chi connectivity index (χ0) is 9.64. The zero-order valence-electron chi connectivity index (χ0n) is 7.85. The number of benzene rings is 1. The van der Waals surface area contributed by atoms with E-state index in [1.54, 1.807) is 0 Å². The van der Waals surface area contributed by atoms with E-state index in [4.69, 9.17) is 0 Å². The number of hydrogen-bond donors (Lipinski definition) is 0. The first-order valence-electron chi connectivity index (χ1n) is 4.65. The van der Waals surface area contributed by atoms with Gasteiger partial charge in [-0.15, -0.1) is 0 Å². The van der Waals surface area contributed by atoms with Gasteiger partial charge in [-0.05, 0) is 5.56 Å². The molecular weight excluding hydrogens is 200 g/mol. The molecule has 1 aliphatic heterocycles. The number of hydrogen-bond acceptors (Lipinski definition) is 0. The van der Waals surface area contributed by atoms with Crippen LogP contribution in [0.2, 0.25) is 0 Å². The van der Waals surface area contributed by atoms with Crippen LogP contribution in [0.1, 0.15) is 5.56 Å². The molecule has 0 amide bonds. The van der Waals surface area contributed by atoms with Crippen molar-refractivity contribution in [2.75, 3.05) is 0 Å². The first-order valence-corrected chi connectivity index (χ1v) is 8.38. The number of allylic oxidation sites excluding steroid dienone is 2. The van der Waals surface area contributed by atoms with Gasteiger partial charge in [0.1, 0.15) is 0 Å². The Balaban J connectivity index is 2.12. The van der Waals surface area contributed by atoms with E-state index in [0.717, 1.165) is 8.61 Å². The summed E-state index contributed by atoms with van der Waals surface area (Å²) in [6, 6.07) is 10.5. The summed E-state index contributed by atoms with van der Waals surface area (Å²) in [5, 5.41) is 0. The van der Waals surface area contributed by atoms with Crippen LogP contribution in [0.25, 0.3) is 6.08 Å². The quantitative estimate of drug-likeness (QED) is 0.660. The molecular formula is C12H11Si2. The minimum atomic E-state index is -0.366. The second-order valence-electron chi connectivity index (χ2n) is 3.06. The van der Waals surface area contributed by atoms with Crippen LogP contribution in [0.3, 0.4) is 0 Å². The van der Waals surface area contributed by atoms with Gasteiger partial charge < -0.3 is 0 Å². The molecule has 0 atom stereocenters. The Morgan fingerprint density at radius 1 is 1.07 bits per heavy atom. The topological polar surface area (TPSA) is 0 Å². The van der Waals surface area contributed by atoms with Crippen LogP contribution >= 0.6 is 0 Å². The highest BCUT2D eigenvalue weighted by Gasteiger charge is 1.89. The molecule has 1 aliphatic rings. The fraction of sp³-hybridized carbons (Fsp3) is 0. The summed E-state index contributed by atoms with van der Waals surface area (Å²) in [4.78, 5) is 0. The van der Waals surface area contributed by atoms with Crippen molar-refractivity contribution in [3.8, 4) is 0 Å². The Bertz CT molecular complexity index is 411. The molecule has 0 bridgehead atoms. The lowest BCUT2D eigenvalue weighted by Gasteiger charge is -1.94. The minimum Gasteiger partial charge on any atom is -0.0806 e. The van der Waals surface area contributed by atoms with Gasteiger partial charge in [-0.2, -0.15) is 0 Å². The van der Waals surface area contributed by atoms with E-state index in [1.165, 1.54) is 5.56 Å². The molecule has 0 nitrogen and oxygen atoms in total. The van der Waals surface area contributed by atoms with Gasteiger partial charge in [0.05, 0.1) is 0 Å². The fourth-order valence-corrected chi connectivity index (χ4v) is 4.64. The zero-order valence-corrected chi connectivity index (χ0v) is 9.85. The largest absolute Gasteiger partial charge is 0.0806 e. The van der Waals surface area contributed by atoms with Gasteiger partial charge in [0.15, 0.2) is 0 Å². The van der Waals surface area contributed by atoms with E-state index in [1.807, 2.05) is 0 Å². The standard InChI is InChI=1S/C12H11Si2/c1-2-6-12(7-3-1)8-11-14-10-5-4-9-13-14/h1-11H. The summed E-state index contributed by atoms with van der Waals surface area (Å²) < 4.78 is 0. The normalized spacial score (nSPS) is 14.7. The van der Waals surface area contributed by atoms with Crippen molar-refractivity contribution in [1.29, 1.82) is 0 Å². The van der Waals surface area contributed by atoms with Gasteiger partial charge in [0, 0.05) is 16.5 Å². The van der Waals surface area contributed by atoms with Gasteiger partial charge >= 0.3 is 0 Å². The molecule has 2 heteroatoms. The van der Waals surface area contributed by atoms with E-state index >= 15 is 0 Å². The van der Waals surface area contributed by atoms with E-state index in [0.29, 0.717) is 0 Å². The van der Waals surface area contributed by atoms with E-state index in [2.05, 4.69) is 65.7 Å². The monoisotopic (exact) mass is 211 g/mol. The van der Waals surface area contributed by atoms with E-state index in [-0.39, 0.29) is 7.89 Å². The Morgan fingerprint density at radius 2 is 1.93 bits per heavy atom. The predicted molar refractivity (Wildman–Crippen MR) is 65.3 cm³/mol. The van der Waals surface area contributed by atoms with Crippen LogP contribution in [-0.4, -0.2) is 16.5 Å². The third-order valence-electron chi connectivity index (χ3n) is 1.99. The van der Waals surface area contributed by atoms with Gasteiger partial charge in [-0.25, -0.2) is 0 Å². The molecule has 14 heavy (non-hydrogen) atoms. The van der Waals surface area contributed by atoms with E-state index in [9.17, 15) is 0 Å². The second-order valence-corrected chi connectivity index (χ2v) is 7.86. The molecule has 0 saturated heterocycles. The maximum Gasteiger partial charge on any atom is 0.0461 e. The smallest absolute Gasteiger partial charge is 0.0461 e. The van der Waals surface area contributed by atoms with E-state index < -0.39 is 0 Å². The lowest BCUT2D eigenvalue weighted by atomic mass is 10.2. The number of rotatable bonds is 2. The van der Waals surface area contributed by atoms with Crippen LogP contribution in [0.15, 0.2) is 59.6 Å². The van der Waals surface area contributed by atoms with Crippen molar-refractivity contribution in [3.05, 3.63) is 65.1 Å². The van der Waals surface area contributed by atoms with Crippen molar-refractivity contribution in [3.63, 3.8) is 0 Å². The van der Waals surface area contributed by atoms with Gasteiger partial charge in [-0.3, -0.25) is 0 Å². The fourth-order valence-electron chi connectivity index (χ4n) is 1.26. The first kappa shape index (κ1) is 9.43. The second kappa shape index (κ2) is 4.93. The van der Waals surface area contributed by atoms with Gasteiger partial charge in [0.25, 0.3) is 0 Å². The van der Waals surface area contributed by atoms with Crippen LogP contribution in [0.4, 0.5) is 0 Å². The summed E-state index contributed by atoms with van der Waals surface area (Å²) in [6.07, 6.45) is 6.55. The Kier molecular flexibility index (Phi) is 3.32. The summed E-state index contributed by atoms with van der Waals surface area (Å²) in [7, 11) is 0.626. The lowest BCUT2D eigenvalue weighted by Crippen LogP contribution is -1.99. The maximum absolute atomic E-state index is 2.37. The van der Waals surface area contributed by atoms with Crippen LogP contribution in [0, 0.1) is 0 Å².